The minimum atomic E-state index is -3.71. The molecule has 0 saturated heterocycles. The van der Waals surface area contributed by atoms with Crippen LogP contribution in [-0.4, -0.2) is 37.8 Å². The van der Waals surface area contributed by atoms with Gasteiger partial charge in [0.2, 0.25) is 0 Å². The number of amides is 2. The molecule has 1 saturated carbocycles. The summed E-state index contributed by atoms with van der Waals surface area (Å²) in [4.78, 5) is 27.6. The molecule has 2 heterocycles. The summed E-state index contributed by atoms with van der Waals surface area (Å²) in [6, 6.07) is 6.50. The molecule has 0 spiro atoms. The van der Waals surface area contributed by atoms with Crippen LogP contribution in [-0.2, 0) is 19.4 Å². The number of pyridine rings is 1. The summed E-state index contributed by atoms with van der Waals surface area (Å²) in [5.41, 5.74) is 0.457. The first-order chi connectivity index (χ1) is 12.0. The second-order valence-corrected chi connectivity index (χ2v) is 9.01. The summed E-state index contributed by atoms with van der Waals surface area (Å²) in [5.74, 6) is -1.57. The van der Waals surface area contributed by atoms with Crippen molar-refractivity contribution in [3.05, 3.63) is 47.6 Å². The molecule has 0 unspecified atom stereocenters. The molecule has 0 aromatic carbocycles. The predicted molar refractivity (Wildman–Crippen MR) is 92.7 cm³/mol. The Labute approximate surface area is 149 Å². The van der Waals surface area contributed by atoms with Crippen LogP contribution in [0.2, 0.25) is 0 Å². The van der Waals surface area contributed by atoms with Crippen molar-refractivity contribution in [3.63, 3.8) is 0 Å². The van der Waals surface area contributed by atoms with Crippen LogP contribution in [0.15, 0.2) is 46.2 Å². The SMILES string of the molecule is O=C(NC[C@H](c1cccnc1)S(=O)(=O)c1cccs1)C(=O)NC1CC1. The number of nitrogens with zero attached hydrogens (tertiary/aromatic N) is 1. The van der Waals surface area contributed by atoms with Crippen LogP contribution in [0, 0.1) is 0 Å². The average Bonchev–Trinajstić information content (AvgIpc) is 3.23. The number of hydrogen-bond donors (Lipinski definition) is 2. The van der Waals surface area contributed by atoms with Gasteiger partial charge in [-0.25, -0.2) is 8.42 Å². The zero-order valence-corrected chi connectivity index (χ0v) is 14.8. The van der Waals surface area contributed by atoms with Gasteiger partial charge >= 0.3 is 11.8 Å². The van der Waals surface area contributed by atoms with Gasteiger partial charge < -0.3 is 10.6 Å². The van der Waals surface area contributed by atoms with E-state index in [9.17, 15) is 18.0 Å². The summed E-state index contributed by atoms with van der Waals surface area (Å²) in [7, 11) is -3.71. The Morgan fingerprint density at radius 3 is 2.64 bits per heavy atom. The van der Waals surface area contributed by atoms with E-state index >= 15 is 0 Å². The summed E-state index contributed by atoms with van der Waals surface area (Å²) < 4.78 is 26.0. The van der Waals surface area contributed by atoms with Crippen LogP contribution in [0.1, 0.15) is 23.7 Å². The standard InChI is InChI=1S/C16H17N3O4S2/c20-15(16(21)19-12-5-6-12)18-10-13(11-3-1-7-17-9-11)25(22,23)14-4-2-8-24-14/h1-4,7-9,12-13H,5-6,10H2,(H,18,20)(H,19,21)/t13-/m1/s1. The van der Waals surface area contributed by atoms with E-state index < -0.39 is 26.9 Å². The van der Waals surface area contributed by atoms with Gasteiger partial charge in [0.05, 0.1) is 0 Å². The Bertz CT molecular complexity index is 847. The zero-order valence-electron chi connectivity index (χ0n) is 13.2. The molecule has 1 fully saturated rings. The molecule has 132 valence electrons. The fourth-order valence-electron chi connectivity index (χ4n) is 2.28. The number of aromatic nitrogens is 1. The third-order valence-electron chi connectivity index (χ3n) is 3.77. The average molecular weight is 379 g/mol. The van der Waals surface area contributed by atoms with Crippen molar-refractivity contribution in [2.45, 2.75) is 28.3 Å². The number of carbonyl (C=O) groups excluding carboxylic acids is 2. The maximum Gasteiger partial charge on any atom is 0.309 e. The quantitative estimate of drug-likeness (QED) is 0.730. The lowest BCUT2D eigenvalue weighted by molar-refractivity contribution is -0.139. The Morgan fingerprint density at radius 2 is 2.04 bits per heavy atom. The van der Waals surface area contributed by atoms with Crippen LogP contribution in [0.5, 0.6) is 0 Å². The highest BCUT2D eigenvalue weighted by molar-refractivity contribution is 7.93. The lowest BCUT2D eigenvalue weighted by Crippen LogP contribution is -2.43. The Balaban J connectivity index is 1.77. The van der Waals surface area contributed by atoms with Gasteiger partial charge in [0, 0.05) is 25.0 Å². The Kier molecular flexibility index (Phi) is 5.14. The Hall–Kier alpha value is -2.26. The van der Waals surface area contributed by atoms with Crippen LogP contribution in [0.4, 0.5) is 0 Å². The number of sulfone groups is 1. The van der Waals surface area contributed by atoms with Crippen molar-refractivity contribution in [3.8, 4) is 0 Å². The van der Waals surface area contributed by atoms with Crippen molar-refractivity contribution in [1.82, 2.24) is 15.6 Å². The van der Waals surface area contributed by atoms with Crippen LogP contribution >= 0.6 is 11.3 Å². The molecule has 0 radical (unpaired) electrons. The molecule has 2 aromatic rings. The molecular weight excluding hydrogens is 362 g/mol. The number of thiophene rings is 1. The van der Waals surface area contributed by atoms with E-state index in [-0.39, 0.29) is 16.8 Å². The first kappa shape index (κ1) is 17.6. The van der Waals surface area contributed by atoms with Crippen molar-refractivity contribution >= 4 is 33.0 Å². The lowest BCUT2D eigenvalue weighted by atomic mass is 10.2. The number of hydrogen-bond acceptors (Lipinski definition) is 6. The van der Waals surface area contributed by atoms with Crippen molar-refractivity contribution in [2.24, 2.45) is 0 Å². The van der Waals surface area contributed by atoms with Gasteiger partial charge in [-0.1, -0.05) is 12.1 Å². The largest absolute Gasteiger partial charge is 0.346 e. The summed E-state index contributed by atoms with van der Waals surface area (Å²) >= 11 is 1.11. The predicted octanol–water partition coefficient (Wildman–Crippen LogP) is 1.05. The first-order valence-electron chi connectivity index (χ1n) is 7.74. The molecule has 25 heavy (non-hydrogen) atoms. The van der Waals surface area contributed by atoms with Crippen LogP contribution < -0.4 is 10.6 Å². The lowest BCUT2D eigenvalue weighted by Gasteiger charge is -2.17. The van der Waals surface area contributed by atoms with Crippen molar-refractivity contribution < 1.29 is 18.0 Å². The van der Waals surface area contributed by atoms with Gasteiger partial charge in [0.25, 0.3) is 0 Å². The van der Waals surface area contributed by atoms with Gasteiger partial charge in [-0.15, -0.1) is 11.3 Å². The summed E-state index contributed by atoms with van der Waals surface area (Å²) in [6.45, 7) is -0.206. The second kappa shape index (κ2) is 7.32. The maximum absolute atomic E-state index is 12.9. The molecule has 1 aliphatic rings. The molecule has 2 amide bonds. The highest BCUT2D eigenvalue weighted by Gasteiger charge is 2.32. The number of nitrogens with one attached hydrogen (secondary N) is 2. The number of rotatable bonds is 6. The summed E-state index contributed by atoms with van der Waals surface area (Å²) in [6.07, 6.45) is 4.72. The second-order valence-electron chi connectivity index (χ2n) is 5.71. The van der Waals surface area contributed by atoms with Crippen LogP contribution in [0.3, 0.4) is 0 Å². The molecule has 7 nitrogen and oxygen atoms in total. The fourth-order valence-corrected chi connectivity index (χ4v) is 5.13. The van der Waals surface area contributed by atoms with Gasteiger partial charge in [0.15, 0.2) is 9.84 Å². The van der Waals surface area contributed by atoms with Gasteiger partial charge in [0.1, 0.15) is 9.46 Å². The molecule has 3 rings (SSSR count). The normalized spacial score (nSPS) is 15.4. The molecule has 9 heteroatoms. The topological polar surface area (TPSA) is 105 Å². The smallest absolute Gasteiger partial charge is 0.309 e. The minimum Gasteiger partial charge on any atom is -0.346 e. The third kappa shape index (κ3) is 4.23. The zero-order chi connectivity index (χ0) is 17.9. The van der Waals surface area contributed by atoms with E-state index in [0.29, 0.717) is 5.56 Å². The fraction of sp³-hybridized carbons (Fsp3) is 0.312. The minimum absolute atomic E-state index is 0.0576. The number of carbonyl (C=O) groups is 2. The highest BCUT2D eigenvalue weighted by Crippen LogP contribution is 2.30. The van der Waals surface area contributed by atoms with E-state index in [2.05, 4.69) is 15.6 Å². The van der Waals surface area contributed by atoms with E-state index in [1.54, 1.807) is 29.8 Å². The van der Waals surface area contributed by atoms with Gasteiger partial charge in [-0.05, 0) is 35.9 Å². The molecule has 0 aliphatic heterocycles. The van der Waals surface area contributed by atoms with Crippen molar-refractivity contribution in [2.75, 3.05) is 6.54 Å². The van der Waals surface area contributed by atoms with Crippen LogP contribution in [0.25, 0.3) is 0 Å². The molecule has 0 bridgehead atoms. The molecule has 1 aliphatic carbocycles. The highest BCUT2D eigenvalue weighted by atomic mass is 32.2. The van der Waals surface area contributed by atoms with Gasteiger partial charge in [-0.2, -0.15) is 0 Å². The molecular formula is C16H17N3O4S2. The molecule has 2 aromatic heterocycles. The van der Waals surface area contributed by atoms with E-state index in [4.69, 9.17) is 0 Å². The van der Waals surface area contributed by atoms with E-state index in [1.807, 2.05) is 0 Å². The maximum atomic E-state index is 12.9. The third-order valence-corrected chi connectivity index (χ3v) is 7.31. The Morgan fingerprint density at radius 1 is 1.24 bits per heavy atom. The van der Waals surface area contributed by atoms with Gasteiger partial charge in [-0.3, -0.25) is 14.6 Å². The van der Waals surface area contributed by atoms with E-state index in [0.717, 1.165) is 24.2 Å². The van der Waals surface area contributed by atoms with Crippen molar-refractivity contribution in [1.29, 1.82) is 0 Å². The summed E-state index contributed by atoms with van der Waals surface area (Å²) in [5, 5.41) is 5.66. The monoisotopic (exact) mass is 379 g/mol. The molecule has 2 N–H and O–H groups in total. The first-order valence-corrected chi connectivity index (χ1v) is 10.2. The molecule has 1 atom stereocenters. The van der Waals surface area contributed by atoms with E-state index in [1.165, 1.54) is 12.3 Å².